The van der Waals surface area contributed by atoms with Crippen LogP contribution in [-0.4, -0.2) is 49.8 Å². The Morgan fingerprint density at radius 2 is 1.76 bits per heavy atom. The maximum absolute atomic E-state index is 12.5. The lowest BCUT2D eigenvalue weighted by molar-refractivity contribution is -0.139. The summed E-state index contributed by atoms with van der Waals surface area (Å²) in [5, 5.41) is 0.311. The summed E-state index contributed by atoms with van der Waals surface area (Å²) in [5.74, 6) is 0.323. The van der Waals surface area contributed by atoms with E-state index in [4.69, 9.17) is 23.7 Å². The number of carbonyl (C=O) groups is 2. The molecule has 0 saturated heterocycles. The van der Waals surface area contributed by atoms with Crippen LogP contribution in [0.1, 0.15) is 33.5 Å². The molecule has 34 heavy (non-hydrogen) atoms. The number of rotatable bonds is 9. The molecule has 10 nitrogen and oxygen atoms in total. The average molecular weight is 489 g/mol. The first-order valence-electron chi connectivity index (χ1n) is 10.2. The van der Waals surface area contributed by atoms with Crippen molar-refractivity contribution in [1.29, 1.82) is 0 Å². The quantitative estimate of drug-likeness (QED) is 0.357. The second-order valence-electron chi connectivity index (χ2n) is 6.87. The third kappa shape index (κ3) is 5.20. The van der Waals surface area contributed by atoms with Gasteiger partial charge in [0.2, 0.25) is 5.75 Å². The van der Waals surface area contributed by atoms with Gasteiger partial charge < -0.3 is 28.7 Å². The smallest absolute Gasteiger partial charge is 0.348 e. The number of aromatic nitrogens is 2. The Morgan fingerprint density at radius 1 is 1.09 bits per heavy atom. The summed E-state index contributed by atoms with van der Waals surface area (Å²) in [4.78, 5) is 44.4. The van der Waals surface area contributed by atoms with E-state index in [0.717, 1.165) is 11.3 Å². The first kappa shape index (κ1) is 24.8. The van der Waals surface area contributed by atoms with Crippen molar-refractivity contribution in [3.8, 4) is 17.2 Å². The van der Waals surface area contributed by atoms with E-state index in [2.05, 4.69) is 9.97 Å². The van der Waals surface area contributed by atoms with E-state index in [9.17, 15) is 14.4 Å². The highest BCUT2D eigenvalue weighted by Crippen LogP contribution is 2.38. The number of nitrogens with one attached hydrogen (secondary N) is 1. The van der Waals surface area contributed by atoms with E-state index >= 15 is 0 Å². The molecular formula is C23H24N2O8S. The number of aromatic amines is 1. The summed E-state index contributed by atoms with van der Waals surface area (Å²) in [6.45, 7) is 3.33. The number of nitrogens with zero attached hydrogens (tertiary/aromatic N) is 1. The SMILES string of the molecule is CCOC(=O)c1sc2nc(COC(=O)/C=C/c3cc(OC)c(OC)c(OC)c3)[nH]c(=O)c2c1C. The van der Waals surface area contributed by atoms with Crippen molar-refractivity contribution < 1.29 is 33.3 Å². The molecule has 0 aliphatic rings. The number of hydrogen-bond acceptors (Lipinski definition) is 10. The largest absolute Gasteiger partial charge is 0.493 e. The standard InChI is InChI=1S/C23H24N2O8S/c1-6-32-23(28)20-12(2)18-21(27)24-16(25-22(18)34-20)11-33-17(26)8-7-13-9-14(29-3)19(31-5)15(10-13)30-4/h7-10H,6,11H2,1-5H3,(H,24,25,27)/b8-7+. The van der Waals surface area contributed by atoms with Gasteiger partial charge in [-0.25, -0.2) is 14.6 Å². The number of thiophene rings is 1. The molecule has 0 fully saturated rings. The molecule has 0 saturated carbocycles. The topological polar surface area (TPSA) is 126 Å². The fourth-order valence-corrected chi connectivity index (χ4v) is 4.29. The van der Waals surface area contributed by atoms with Gasteiger partial charge in [0.1, 0.15) is 22.1 Å². The fraction of sp³-hybridized carbons (Fsp3) is 0.304. The van der Waals surface area contributed by atoms with E-state index in [1.54, 1.807) is 26.0 Å². The Morgan fingerprint density at radius 3 is 2.35 bits per heavy atom. The lowest BCUT2D eigenvalue weighted by Gasteiger charge is -2.12. The molecule has 3 aromatic rings. The summed E-state index contributed by atoms with van der Waals surface area (Å²) < 4.78 is 26.1. The van der Waals surface area contributed by atoms with Crippen LogP contribution < -0.4 is 19.8 Å². The molecule has 1 N–H and O–H groups in total. The number of fused-ring (bicyclic) bond motifs is 1. The van der Waals surface area contributed by atoms with Gasteiger partial charge in [-0.2, -0.15) is 0 Å². The number of methoxy groups -OCH3 is 3. The lowest BCUT2D eigenvalue weighted by atomic mass is 10.1. The molecule has 11 heteroatoms. The maximum Gasteiger partial charge on any atom is 0.348 e. The van der Waals surface area contributed by atoms with E-state index in [1.165, 1.54) is 33.5 Å². The molecule has 2 heterocycles. The Balaban J connectivity index is 1.75. The number of H-pyrrole nitrogens is 1. The molecule has 0 unspecified atom stereocenters. The first-order valence-corrected chi connectivity index (χ1v) is 11.0. The van der Waals surface area contributed by atoms with Crippen LogP contribution >= 0.6 is 11.3 Å². The van der Waals surface area contributed by atoms with Crippen molar-refractivity contribution in [2.24, 2.45) is 0 Å². The van der Waals surface area contributed by atoms with Gasteiger partial charge in [-0.1, -0.05) is 0 Å². The maximum atomic E-state index is 12.5. The van der Waals surface area contributed by atoms with Crippen LogP contribution in [0.15, 0.2) is 23.0 Å². The number of benzene rings is 1. The lowest BCUT2D eigenvalue weighted by Crippen LogP contribution is -2.13. The van der Waals surface area contributed by atoms with Gasteiger partial charge in [0.15, 0.2) is 11.5 Å². The summed E-state index contributed by atoms with van der Waals surface area (Å²) in [6.07, 6.45) is 2.76. The van der Waals surface area contributed by atoms with Gasteiger partial charge in [-0.15, -0.1) is 11.3 Å². The van der Waals surface area contributed by atoms with Crippen molar-refractivity contribution in [2.45, 2.75) is 20.5 Å². The number of carbonyl (C=O) groups excluding carboxylic acids is 2. The predicted molar refractivity (Wildman–Crippen MR) is 126 cm³/mol. The molecule has 0 amide bonds. The van der Waals surface area contributed by atoms with E-state index in [1.807, 2.05) is 0 Å². The first-order chi connectivity index (χ1) is 16.3. The predicted octanol–water partition coefficient (Wildman–Crippen LogP) is 3.25. The molecule has 0 aliphatic carbocycles. The fourth-order valence-electron chi connectivity index (χ4n) is 3.20. The van der Waals surface area contributed by atoms with E-state index in [-0.39, 0.29) is 19.0 Å². The Kier molecular flexibility index (Phi) is 7.90. The van der Waals surface area contributed by atoms with Gasteiger partial charge in [-0.05, 0) is 43.2 Å². The molecule has 2 aromatic heterocycles. The normalized spacial score (nSPS) is 11.0. The molecule has 0 atom stereocenters. The zero-order valence-electron chi connectivity index (χ0n) is 19.3. The molecule has 0 bridgehead atoms. The number of hydrogen-bond donors (Lipinski definition) is 1. The Bertz CT molecular complexity index is 1280. The van der Waals surface area contributed by atoms with Gasteiger partial charge in [0, 0.05) is 6.08 Å². The van der Waals surface area contributed by atoms with Crippen LogP contribution in [0.2, 0.25) is 0 Å². The zero-order valence-corrected chi connectivity index (χ0v) is 20.2. The molecule has 180 valence electrons. The second-order valence-corrected chi connectivity index (χ2v) is 7.87. The van der Waals surface area contributed by atoms with Crippen molar-refractivity contribution in [2.75, 3.05) is 27.9 Å². The summed E-state index contributed by atoms with van der Waals surface area (Å²) in [6, 6.07) is 3.36. The monoisotopic (exact) mass is 488 g/mol. The molecule has 0 aliphatic heterocycles. The highest BCUT2D eigenvalue weighted by Gasteiger charge is 2.20. The van der Waals surface area contributed by atoms with Gasteiger partial charge >= 0.3 is 11.9 Å². The van der Waals surface area contributed by atoms with Crippen LogP contribution in [0.25, 0.3) is 16.3 Å². The second kappa shape index (κ2) is 10.8. The van der Waals surface area contributed by atoms with Crippen molar-refractivity contribution in [3.63, 3.8) is 0 Å². The highest BCUT2D eigenvalue weighted by atomic mass is 32.1. The van der Waals surface area contributed by atoms with Crippen LogP contribution in [0, 0.1) is 6.92 Å². The summed E-state index contributed by atoms with van der Waals surface area (Å²) in [7, 11) is 4.49. The molecule has 0 radical (unpaired) electrons. The van der Waals surface area contributed by atoms with E-state index < -0.39 is 17.5 Å². The Labute approximate surface area is 199 Å². The van der Waals surface area contributed by atoms with Crippen LogP contribution in [0.5, 0.6) is 17.2 Å². The molecule has 0 spiro atoms. The number of aryl methyl sites for hydroxylation is 1. The van der Waals surface area contributed by atoms with Crippen molar-refractivity contribution in [1.82, 2.24) is 9.97 Å². The minimum atomic E-state index is -0.647. The van der Waals surface area contributed by atoms with Crippen molar-refractivity contribution in [3.05, 3.63) is 50.4 Å². The number of ether oxygens (including phenoxy) is 5. The van der Waals surface area contributed by atoms with Gasteiger partial charge in [0.25, 0.3) is 5.56 Å². The van der Waals surface area contributed by atoms with Gasteiger partial charge in [-0.3, -0.25) is 4.79 Å². The average Bonchev–Trinajstić information content (AvgIpc) is 3.17. The third-order valence-corrected chi connectivity index (χ3v) is 5.93. The van der Waals surface area contributed by atoms with Crippen LogP contribution in [0.3, 0.4) is 0 Å². The minimum absolute atomic E-state index is 0.156. The third-order valence-electron chi connectivity index (χ3n) is 4.76. The summed E-state index contributed by atoms with van der Waals surface area (Å²) in [5.41, 5.74) is 0.706. The van der Waals surface area contributed by atoms with E-state index in [0.29, 0.717) is 43.5 Å². The molecular weight excluding hydrogens is 464 g/mol. The number of esters is 2. The minimum Gasteiger partial charge on any atom is -0.493 e. The molecule has 1 aromatic carbocycles. The Hall–Kier alpha value is -3.86. The molecule has 3 rings (SSSR count). The van der Waals surface area contributed by atoms with Crippen molar-refractivity contribution >= 4 is 39.6 Å². The highest BCUT2D eigenvalue weighted by molar-refractivity contribution is 7.20. The summed E-state index contributed by atoms with van der Waals surface area (Å²) >= 11 is 1.06. The van der Waals surface area contributed by atoms with Crippen LogP contribution in [-0.2, 0) is 20.9 Å². The van der Waals surface area contributed by atoms with Crippen LogP contribution in [0.4, 0.5) is 0 Å². The zero-order chi connectivity index (χ0) is 24.8. The van der Waals surface area contributed by atoms with Gasteiger partial charge in [0.05, 0.1) is 33.3 Å².